The first-order valence-corrected chi connectivity index (χ1v) is 8.59. The normalized spacial score (nSPS) is 11.5. The lowest BCUT2D eigenvalue weighted by Crippen LogP contribution is -2.23. The SMILES string of the molecule is CN(C)Cc1c(C(=O)N/N=C\c2cccc(Cl)c2Cl)nnn1-c1nonc1N. The lowest BCUT2D eigenvalue weighted by atomic mass is 10.2. The Balaban J connectivity index is 1.85. The lowest BCUT2D eigenvalue weighted by Gasteiger charge is -2.11. The van der Waals surface area contributed by atoms with Crippen molar-refractivity contribution in [3.63, 3.8) is 0 Å². The van der Waals surface area contributed by atoms with Gasteiger partial charge >= 0.3 is 0 Å². The Morgan fingerprint density at radius 2 is 2.18 bits per heavy atom. The summed E-state index contributed by atoms with van der Waals surface area (Å²) in [5, 5.41) is 19.7. The Morgan fingerprint density at radius 1 is 1.39 bits per heavy atom. The van der Waals surface area contributed by atoms with Gasteiger partial charge in [0.1, 0.15) is 0 Å². The van der Waals surface area contributed by atoms with E-state index in [4.69, 9.17) is 28.9 Å². The number of amides is 1. The average Bonchev–Trinajstić information content (AvgIpc) is 3.24. The molecule has 0 fully saturated rings. The summed E-state index contributed by atoms with van der Waals surface area (Å²) >= 11 is 12.0. The third-order valence-electron chi connectivity index (χ3n) is 3.49. The van der Waals surface area contributed by atoms with Crippen LogP contribution < -0.4 is 11.2 Å². The Bertz CT molecular complexity index is 1030. The molecule has 0 radical (unpaired) electrons. The van der Waals surface area contributed by atoms with Gasteiger partial charge in [0, 0.05) is 12.1 Å². The predicted octanol–water partition coefficient (Wildman–Crippen LogP) is 1.36. The van der Waals surface area contributed by atoms with Crippen molar-refractivity contribution in [1.29, 1.82) is 0 Å². The molecular weight excluding hydrogens is 409 g/mol. The molecule has 1 amide bonds. The molecule has 28 heavy (non-hydrogen) atoms. The summed E-state index contributed by atoms with van der Waals surface area (Å²) in [4.78, 5) is 14.4. The third kappa shape index (κ3) is 4.11. The van der Waals surface area contributed by atoms with Crippen LogP contribution in [0.1, 0.15) is 21.7 Å². The molecular formula is C15H15Cl2N9O2. The fourth-order valence-corrected chi connectivity index (χ4v) is 2.62. The number of rotatable bonds is 6. The molecule has 0 bridgehead atoms. The van der Waals surface area contributed by atoms with Gasteiger partial charge in [0.25, 0.3) is 5.91 Å². The molecule has 1 aromatic carbocycles. The van der Waals surface area contributed by atoms with E-state index in [0.29, 0.717) is 27.8 Å². The zero-order chi connectivity index (χ0) is 20.3. The fraction of sp³-hybridized carbons (Fsp3) is 0.200. The molecule has 0 aliphatic rings. The van der Waals surface area contributed by atoms with E-state index in [-0.39, 0.29) is 17.3 Å². The maximum absolute atomic E-state index is 12.5. The second kappa shape index (κ2) is 8.33. The standard InChI is InChI=1S/C15H15Cl2N9O2/c1-25(2)7-10-12(20-24-26(10)14-13(18)22-28-23-14)15(27)21-19-6-8-4-3-5-9(16)11(8)17/h3-6H,7H2,1-2H3,(H2,18,22)(H,21,27)/b19-6-. The van der Waals surface area contributed by atoms with Crippen molar-refractivity contribution in [3.05, 3.63) is 45.2 Å². The van der Waals surface area contributed by atoms with E-state index in [0.717, 1.165) is 0 Å². The maximum atomic E-state index is 12.5. The number of anilines is 1. The number of nitrogens with zero attached hydrogens (tertiary/aromatic N) is 7. The Kier molecular flexibility index (Phi) is 5.87. The summed E-state index contributed by atoms with van der Waals surface area (Å²) < 4.78 is 5.88. The van der Waals surface area contributed by atoms with Gasteiger partial charge in [0.2, 0.25) is 11.6 Å². The zero-order valence-corrected chi connectivity index (χ0v) is 16.3. The summed E-state index contributed by atoms with van der Waals surface area (Å²) in [6.45, 7) is 0.325. The second-order valence-electron chi connectivity index (χ2n) is 5.85. The molecule has 0 unspecified atom stereocenters. The van der Waals surface area contributed by atoms with Crippen molar-refractivity contribution in [2.75, 3.05) is 19.8 Å². The van der Waals surface area contributed by atoms with Crippen LogP contribution in [0, 0.1) is 0 Å². The van der Waals surface area contributed by atoms with Crippen molar-refractivity contribution in [3.8, 4) is 5.82 Å². The molecule has 0 aliphatic heterocycles. The number of hydrogen-bond acceptors (Lipinski definition) is 9. The number of carbonyl (C=O) groups is 1. The van der Waals surface area contributed by atoms with Crippen molar-refractivity contribution in [2.45, 2.75) is 6.54 Å². The first-order valence-electron chi connectivity index (χ1n) is 7.83. The Labute approximate surface area is 169 Å². The molecule has 0 saturated carbocycles. The minimum absolute atomic E-state index is 0.0190. The summed E-state index contributed by atoms with van der Waals surface area (Å²) in [5.74, 6) is -0.421. The number of benzene rings is 1. The first-order chi connectivity index (χ1) is 13.4. The number of hydrazone groups is 1. The van der Waals surface area contributed by atoms with Gasteiger partial charge in [0.05, 0.1) is 22.0 Å². The maximum Gasteiger partial charge on any atom is 0.293 e. The van der Waals surface area contributed by atoms with Crippen LogP contribution in [-0.4, -0.2) is 56.4 Å². The van der Waals surface area contributed by atoms with Gasteiger partial charge in [-0.3, -0.25) is 4.79 Å². The number of aromatic nitrogens is 5. The smallest absolute Gasteiger partial charge is 0.293 e. The van der Waals surface area contributed by atoms with E-state index in [1.165, 1.54) is 10.9 Å². The molecule has 13 heteroatoms. The van der Waals surface area contributed by atoms with Crippen molar-refractivity contribution in [2.24, 2.45) is 5.10 Å². The van der Waals surface area contributed by atoms with Gasteiger partial charge in [0.15, 0.2) is 5.69 Å². The monoisotopic (exact) mass is 423 g/mol. The van der Waals surface area contributed by atoms with Gasteiger partial charge in [-0.15, -0.1) is 5.10 Å². The van der Waals surface area contributed by atoms with E-state index < -0.39 is 5.91 Å². The molecule has 3 N–H and O–H groups in total. The topological polar surface area (TPSA) is 140 Å². The van der Waals surface area contributed by atoms with Gasteiger partial charge in [-0.1, -0.05) is 40.5 Å². The molecule has 0 saturated heterocycles. The number of nitrogen functional groups attached to an aromatic ring is 1. The van der Waals surface area contributed by atoms with Crippen LogP contribution >= 0.6 is 23.2 Å². The molecule has 0 spiro atoms. The largest absolute Gasteiger partial charge is 0.378 e. The van der Waals surface area contributed by atoms with E-state index in [2.05, 4.69) is 35.8 Å². The summed E-state index contributed by atoms with van der Waals surface area (Å²) in [5.41, 5.74) is 9.12. The minimum atomic E-state index is -0.576. The number of nitrogens with two attached hydrogens (primary N) is 1. The Morgan fingerprint density at radius 3 is 2.86 bits per heavy atom. The highest BCUT2D eigenvalue weighted by molar-refractivity contribution is 6.43. The van der Waals surface area contributed by atoms with Crippen LogP contribution in [0.3, 0.4) is 0 Å². The second-order valence-corrected chi connectivity index (χ2v) is 6.63. The third-order valence-corrected chi connectivity index (χ3v) is 4.33. The lowest BCUT2D eigenvalue weighted by molar-refractivity contribution is 0.0948. The van der Waals surface area contributed by atoms with Crippen LogP contribution in [0.15, 0.2) is 27.9 Å². The van der Waals surface area contributed by atoms with Crippen LogP contribution in [0.2, 0.25) is 10.0 Å². The average molecular weight is 424 g/mol. The Hall–Kier alpha value is -3.02. The van der Waals surface area contributed by atoms with Gasteiger partial charge in [-0.05, 0) is 30.5 Å². The summed E-state index contributed by atoms with van der Waals surface area (Å²) in [6.07, 6.45) is 1.38. The first kappa shape index (κ1) is 19.7. The number of nitrogens with one attached hydrogen (secondary N) is 1. The summed E-state index contributed by atoms with van der Waals surface area (Å²) in [6, 6.07) is 5.07. The number of carbonyl (C=O) groups excluding carboxylic acids is 1. The molecule has 2 heterocycles. The molecule has 0 atom stereocenters. The molecule has 3 aromatic rings. The summed E-state index contributed by atoms with van der Waals surface area (Å²) in [7, 11) is 3.64. The van der Waals surface area contributed by atoms with E-state index in [9.17, 15) is 4.79 Å². The van der Waals surface area contributed by atoms with E-state index in [1.807, 2.05) is 19.0 Å². The molecule has 2 aromatic heterocycles. The van der Waals surface area contributed by atoms with Crippen LogP contribution in [-0.2, 0) is 6.54 Å². The molecule has 3 rings (SSSR count). The minimum Gasteiger partial charge on any atom is -0.378 e. The van der Waals surface area contributed by atoms with E-state index >= 15 is 0 Å². The molecule has 11 nitrogen and oxygen atoms in total. The van der Waals surface area contributed by atoms with E-state index in [1.54, 1.807) is 18.2 Å². The highest BCUT2D eigenvalue weighted by Crippen LogP contribution is 2.24. The molecule has 146 valence electrons. The van der Waals surface area contributed by atoms with Gasteiger partial charge in [-0.2, -0.15) is 9.78 Å². The number of halogens is 2. The van der Waals surface area contributed by atoms with Crippen LogP contribution in [0.4, 0.5) is 5.82 Å². The predicted molar refractivity (Wildman–Crippen MR) is 103 cm³/mol. The van der Waals surface area contributed by atoms with Crippen molar-refractivity contribution >= 4 is 41.1 Å². The van der Waals surface area contributed by atoms with Crippen LogP contribution in [0.5, 0.6) is 0 Å². The fourth-order valence-electron chi connectivity index (χ4n) is 2.26. The van der Waals surface area contributed by atoms with Gasteiger partial charge in [-0.25, -0.2) is 10.1 Å². The molecule has 0 aliphatic carbocycles. The van der Waals surface area contributed by atoms with Crippen molar-refractivity contribution in [1.82, 2.24) is 35.6 Å². The van der Waals surface area contributed by atoms with Gasteiger partial charge < -0.3 is 10.6 Å². The quantitative estimate of drug-likeness (QED) is 0.447. The van der Waals surface area contributed by atoms with Crippen LogP contribution in [0.25, 0.3) is 5.82 Å². The number of hydrogen-bond donors (Lipinski definition) is 2. The zero-order valence-electron chi connectivity index (χ0n) is 14.8. The highest BCUT2D eigenvalue weighted by atomic mass is 35.5. The highest BCUT2D eigenvalue weighted by Gasteiger charge is 2.24. The van der Waals surface area contributed by atoms with Crippen molar-refractivity contribution < 1.29 is 9.42 Å².